The van der Waals surface area contributed by atoms with Gasteiger partial charge in [0.25, 0.3) is 11.8 Å². The second-order valence-corrected chi connectivity index (χ2v) is 9.26. The van der Waals surface area contributed by atoms with E-state index in [1.165, 1.54) is 22.7 Å². The van der Waals surface area contributed by atoms with Crippen LogP contribution in [0.5, 0.6) is 0 Å². The molecule has 4 aromatic rings. The molecular weight excluding hydrogens is 446 g/mol. The van der Waals surface area contributed by atoms with Crippen molar-refractivity contribution < 1.29 is 14.0 Å². The van der Waals surface area contributed by atoms with E-state index in [9.17, 15) is 9.59 Å². The number of para-hydroxylation sites is 1. The zero-order valence-corrected chi connectivity index (χ0v) is 19.1. The molecule has 0 spiro atoms. The van der Waals surface area contributed by atoms with Crippen molar-refractivity contribution in [2.24, 2.45) is 0 Å². The minimum Gasteiger partial charge on any atom is -0.451 e. The zero-order chi connectivity index (χ0) is 22.1. The standard InChI is InChI=1S/C22H21N5O3S2/c1-2-27(22-25-23-13-32-22)20(28)16-12-31-19(24-16)14-7-9-26(10-8-14)21(29)18-11-15-5-3-4-6-17(15)30-18/h3-6,11-14H,2,7-10H2,1H3. The summed E-state index contributed by atoms with van der Waals surface area (Å²) in [7, 11) is 0. The highest BCUT2D eigenvalue weighted by molar-refractivity contribution is 7.13. The van der Waals surface area contributed by atoms with Crippen LogP contribution < -0.4 is 4.90 Å². The predicted octanol–water partition coefficient (Wildman–Crippen LogP) is 4.43. The molecule has 0 saturated carbocycles. The number of amides is 2. The quantitative estimate of drug-likeness (QED) is 0.431. The van der Waals surface area contributed by atoms with Crippen LogP contribution in [0.25, 0.3) is 11.0 Å². The van der Waals surface area contributed by atoms with Gasteiger partial charge in [-0.2, -0.15) is 0 Å². The maximum absolute atomic E-state index is 12.9. The summed E-state index contributed by atoms with van der Waals surface area (Å²) in [6.07, 6.45) is 1.61. The van der Waals surface area contributed by atoms with Gasteiger partial charge in [0.05, 0.1) is 5.01 Å². The minimum absolute atomic E-state index is 0.0784. The molecule has 0 N–H and O–H groups in total. The van der Waals surface area contributed by atoms with Crippen molar-refractivity contribution in [1.82, 2.24) is 20.1 Å². The van der Waals surface area contributed by atoms with E-state index >= 15 is 0 Å². The number of carbonyl (C=O) groups excluding carboxylic acids is 2. The summed E-state index contributed by atoms with van der Waals surface area (Å²) in [5.41, 5.74) is 2.77. The second-order valence-electron chi connectivity index (χ2n) is 7.56. The van der Waals surface area contributed by atoms with Crippen molar-refractivity contribution in [3.63, 3.8) is 0 Å². The van der Waals surface area contributed by atoms with Crippen LogP contribution in [-0.4, -0.2) is 51.5 Å². The Morgan fingerprint density at radius 2 is 2.03 bits per heavy atom. The second kappa shape index (κ2) is 8.79. The molecule has 1 aliphatic heterocycles. The van der Waals surface area contributed by atoms with Gasteiger partial charge in [-0.3, -0.25) is 14.5 Å². The summed E-state index contributed by atoms with van der Waals surface area (Å²) >= 11 is 2.83. The molecule has 32 heavy (non-hydrogen) atoms. The fourth-order valence-electron chi connectivity index (χ4n) is 3.93. The number of thiazole rings is 1. The van der Waals surface area contributed by atoms with E-state index in [0.717, 1.165) is 28.8 Å². The number of rotatable bonds is 5. The van der Waals surface area contributed by atoms with Gasteiger partial charge in [0.2, 0.25) is 5.13 Å². The maximum Gasteiger partial charge on any atom is 0.289 e. The van der Waals surface area contributed by atoms with Crippen LogP contribution >= 0.6 is 22.7 Å². The highest BCUT2D eigenvalue weighted by Crippen LogP contribution is 2.32. The molecule has 164 valence electrons. The number of piperidine rings is 1. The van der Waals surface area contributed by atoms with E-state index in [0.29, 0.717) is 36.2 Å². The molecule has 0 aliphatic carbocycles. The lowest BCUT2D eigenvalue weighted by molar-refractivity contribution is 0.0683. The van der Waals surface area contributed by atoms with E-state index in [1.54, 1.807) is 16.5 Å². The van der Waals surface area contributed by atoms with Crippen molar-refractivity contribution in [2.75, 3.05) is 24.5 Å². The van der Waals surface area contributed by atoms with E-state index in [1.807, 2.05) is 41.5 Å². The van der Waals surface area contributed by atoms with Gasteiger partial charge in [-0.05, 0) is 31.9 Å². The summed E-state index contributed by atoms with van der Waals surface area (Å²) in [6.45, 7) is 3.68. The normalized spacial score (nSPS) is 14.7. The number of hydrogen-bond donors (Lipinski definition) is 0. The number of likely N-dealkylation sites (tertiary alicyclic amines) is 1. The number of carbonyl (C=O) groups is 2. The molecular formula is C22H21N5O3S2. The Labute approximate surface area is 192 Å². The first-order valence-corrected chi connectivity index (χ1v) is 12.2. The Morgan fingerprint density at radius 3 is 2.75 bits per heavy atom. The lowest BCUT2D eigenvalue weighted by Gasteiger charge is -2.30. The Morgan fingerprint density at radius 1 is 1.22 bits per heavy atom. The molecule has 1 aromatic carbocycles. The lowest BCUT2D eigenvalue weighted by Crippen LogP contribution is -2.37. The molecule has 0 radical (unpaired) electrons. The van der Waals surface area contributed by atoms with E-state index in [-0.39, 0.29) is 17.7 Å². The first-order chi connectivity index (χ1) is 15.6. The number of benzene rings is 1. The summed E-state index contributed by atoms with van der Waals surface area (Å²) in [5.74, 6) is 0.371. The van der Waals surface area contributed by atoms with E-state index in [4.69, 9.17) is 4.42 Å². The summed E-state index contributed by atoms with van der Waals surface area (Å²) in [6, 6.07) is 9.43. The number of anilines is 1. The van der Waals surface area contributed by atoms with Crippen LogP contribution in [0, 0.1) is 0 Å². The first-order valence-electron chi connectivity index (χ1n) is 10.5. The summed E-state index contributed by atoms with van der Waals surface area (Å²) in [5, 5.41) is 12.1. The van der Waals surface area contributed by atoms with Gasteiger partial charge < -0.3 is 9.32 Å². The molecule has 1 fully saturated rings. The Balaban J connectivity index is 1.23. The van der Waals surface area contributed by atoms with Crippen LogP contribution in [-0.2, 0) is 0 Å². The number of nitrogens with zero attached hydrogens (tertiary/aromatic N) is 5. The van der Waals surface area contributed by atoms with Gasteiger partial charge in [-0.15, -0.1) is 21.5 Å². The summed E-state index contributed by atoms with van der Waals surface area (Å²) in [4.78, 5) is 33.8. The SMILES string of the molecule is CCN(C(=O)c1csc(C2CCN(C(=O)c3cc4ccccc4o3)CC2)n1)c1nncs1. The average Bonchev–Trinajstić information content (AvgIpc) is 3.60. The molecule has 4 heterocycles. The van der Waals surface area contributed by atoms with Gasteiger partial charge in [0.1, 0.15) is 16.8 Å². The van der Waals surface area contributed by atoms with Gasteiger partial charge in [-0.1, -0.05) is 29.5 Å². The molecule has 3 aromatic heterocycles. The monoisotopic (exact) mass is 467 g/mol. The van der Waals surface area contributed by atoms with Crippen LogP contribution in [0.1, 0.15) is 51.7 Å². The van der Waals surface area contributed by atoms with E-state index in [2.05, 4.69) is 15.2 Å². The number of aromatic nitrogens is 3. The molecule has 0 bridgehead atoms. The Hall–Kier alpha value is -3.11. The largest absolute Gasteiger partial charge is 0.451 e. The Bertz CT molecular complexity index is 1210. The third kappa shape index (κ3) is 3.91. The molecule has 1 saturated heterocycles. The van der Waals surface area contributed by atoms with Crippen LogP contribution in [0.2, 0.25) is 0 Å². The first kappa shape index (κ1) is 20.8. The van der Waals surface area contributed by atoms with Crippen molar-refractivity contribution in [3.05, 3.63) is 57.7 Å². The molecule has 0 unspecified atom stereocenters. The molecule has 8 nitrogen and oxygen atoms in total. The molecule has 2 amide bonds. The zero-order valence-electron chi connectivity index (χ0n) is 17.4. The van der Waals surface area contributed by atoms with Gasteiger partial charge in [0.15, 0.2) is 5.76 Å². The van der Waals surface area contributed by atoms with Crippen LogP contribution in [0.4, 0.5) is 5.13 Å². The molecule has 1 aliphatic rings. The molecule has 10 heteroatoms. The van der Waals surface area contributed by atoms with Crippen molar-refractivity contribution in [3.8, 4) is 0 Å². The fourth-order valence-corrected chi connectivity index (χ4v) is 5.52. The van der Waals surface area contributed by atoms with Crippen LogP contribution in [0.15, 0.2) is 45.6 Å². The predicted molar refractivity (Wildman–Crippen MR) is 123 cm³/mol. The number of furan rings is 1. The third-order valence-corrected chi connectivity index (χ3v) is 7.37. The molecule has 0 atom stereocenters. The van der Waals surface area contributed by atoms with Crippen molar-refractivity contribution in [1.29, 1.82) is 0 Å². The highest BCUT2D eigenvalue weighted by atomic mass is 32.1. The highest BCUT2D eigenvalue weighted by Gasteiger charge is 2.29. The lowest BCUT2D eigenvalue weighted by atomic mass is 9.97. The van der Waals surface area contributed by atoms with Crippen molar-refractivity contribution in [2.45, 2.75) is 25.7 Å². The number of fused-ring (bicyclic) bond motifs is 1. The van der Waals surface area contributed by atoms with Crippen LogP contribution in [0.3, 0.4) is 0 Å². The third-order valence-electron chi connectivity index (χ3n) is 5.65. The van der Waals surface area contributed by atoms with E-state index < -0.39 is 0 Å². The summed E-state index contributed by atoms with van der Waals surface area (Å²) < 4.78 is 5.74. The molecule has 5 rings (SSSR count). The van der Waals surface area contributed by atoms with Gasteiger partial charge >= 0.3 is 0 Å². The smallest absolute Gasteiger partial charge is 0.289 e. The Kier molecular flexibility index (Phi) is 5.71. The van der Waals surface area contributed by atoms with Gasteiger partial charge in [0, 0.05) is 36.3 Å². The van der Waals surface area contributed by atoms with Gasteiger partial charge in [-0.25, -0.2) is 4.98 Å². The number of hydrogen-bond acceptors (Lipinski definition) is 8. The average molecular weight is 468 g/mol. The van der Waals surface area contributed by atoms with Crippen molar-refractivity contribution >= 4 is 50.6 Å². The minimum atomic E-state index is -0.163. The topological polar surface area (TPSA) is 92.4 Å². The fraction of sp³-hybridized carbons (Fsp3) is 0.318. The maximum atomic E-state index is 12.9.